The van der Waals surface area contributed by atoms with Gasteiger partial charge >= 0.3 is 0 Å². The molecule has 1 aliphatic rings. The van der Waals surface area contributed by atoms with E-state index in [1.54, 1.807) is 12.1 Å². The van der Waals surface area contributed by atoms with Gasteiger partial charge in [0.1, 0.15) is 0 Å². The van der Waals surface area contributed by atoms with Gasteiger partial charge in [-0.05, 0) is 24.0 Å². The van der Waals surface area contributed by atoms with Crippen molar-refractivity contribution in [1.82, 2.24) is 9.62 Å². The Morgan fingerprint density at radius 2 is 1.95 bits per heavy atom. The minimum atomic E-state index is -3.54. The number of carbonyl (C=O) groups excluding carboxylic acids is 1. The highest BCUT2D eigenvalue weighted by molar-refractivity contribution is 7.88. The summed E-state index contributed by atoms with van der Waals surface area (Å²) >= 11 is 0. The largest absolute Gasteiger partial charge is 0.352 e. The predicted molar refractivity (Wildman–Crippen MR) is 80.8 cm³/mol. The van der Waals surface area contributed by atoms with Crippen molar-refractivity contribution >= 4 is 15.9 Å². The summed E-state index contributed by atoms with van der Waals surface area (Å²) in [6.07, 6.45) is 1.96. The van der Waals surface area contributed by atoms with Crippen LogP contribution in [-0.4, -0.2) is 38.3 Å². The van der Waals surface area contributed by atoms with Crippen LogP contribution in [0, 0.1) is 0 Å². The van der Waals surface area contributed by atoms with E-state index in [2.05, 4.69) is 5.32 Å². The summed E-state index contributed by atoms with van der Waals surface area (Å²) in [5, 5.41) is 2.78. The molecule has 3 N–H and O–H groups in total. The van der Waals surface area contributed by atoms with Crippen molar-refractivity contribution in [2.45, 2.75) is 31.2 Å². The van der Waals surface area contributed by atoms with Crippen LogP contribution in [0.5, 0.6) is 0 Å². The number of hydrogen-bond donors (Lipinski definition) is 2. The van der Waals surface area contributed by atoms with Gasteiger partial charge in [-0.2, -0.15) is 4.31 Å². The molecule has 1 aromatic carbocycles. The van der Waals surface area contributed by atoms with E-state index < -0.39 is 10.0 Å². The molecule has 0 unspecified atom stereocenters. The summed E-state index contributed by atoms with van der Waals surface area (Å²) in [6, 6.07) is 7.39. The number of sulfonamides is 1. The smallest absolute Gasteiger partial charge is 0.235 e. The molecule has 0 bridgehead atoms. The van der Waals surface area contributed by atoms with Crippen molar-refractivity contribution in [3.63, 3.8) is 0 Å². The topological polar surface area (TPSA) is 92.5 Å². The molecule has 0 spiro atoms. The van der Waals surface area contributed by atoms with Crippen molar-refractivity contribution in [1.29, 1.82) is 0 Å². The molecular weight excluding hydrogens is 290 g/mol. The first-order valence-corrected chi connectivity index (χ1v) is 8.53. The molecule has 0 radical (unpaired) electrons. The Bertz CT molecular complexity index is 612. The van der Waals surface area contributed by atoms with E-state index >= 15 is 0 Å². The maximum atomic E-state index is 12.3. The Morgan fingerprint density at radius 1 is 1.33 bits per heavy atom. The molecule has 1 aromatic rings. The quantitative estimate of drug-likeness (QED) is 0.751. The maximum absolute atomic E-state index is 12.3. The summed E-state index contributed by atoms with van der Waals surface area (Å²) in [6.45, 7) is 0.140. The van der Waals surface area contributed by atoms with Crippen LogP contribution >= 0.6 is 0 Å². The van der Waals surface area contributed by atoms with E-state index in [-0.39, 0.29) is 30.8 Å². The maximum Gasteiger partial charge on any atom is 0.235 e. The lowest BCUT2D eigenvalue weighted by atomic mass is 10.1. The number of likely N-dealkylation sites (N-methyl/N-ethyl adjacent to an activating group) is 1. The fraction of sp³-hybridized carbons (Fsp3) is 0.500. The van der Waals surface area contributed by atoms with Crippen LogP contribution in [0.15, 0.2) is 24.3 Å². The van der Waals surface area contributed by atoms with Gasteiger partial charge in [-0.1, -0.05) is 24.3 Å². The van der Waals surface area contributed by atoms with Gasteiger partial charge in [-0.15, -0.1) is 0 Å². The Hall–Kier alpha value is -1.44. The Morgan fingerprint density at radius 3 is 2.52 bits per heavy atom. The Kier molecular flexibility index (Phi) is 4.97. The summed E-state index contributed by atoms with van der Waals surface area (Å²) in [5.41, 5.74) is 7.09. The highest BCUT2D eigenvalue weighted by Crippen LogP contribution is 2.18. The van der Waals surface area contributed by atoms with Crippen molar-refractivity contribution < 1.29 is 13.2 Å². The van der Waals surface area contributed by atoms with E-state index in [0.29, 0.717) is 5.56 Å². The van der Waals surface area contributed by atoms with Gasteiger partial charge in [0.15, 0.2) is 0 Å². The third-order valence-electron chi connectivity index (χ3n) is 3.46. The summed E-state index contributed by atoms with van der Waals surface area (Å²) in [5.74, 6) is -0.399. The third-order valence-corrected chi connectivity index (χ3v) is 5.21. The normalized spacial score (nSPS) is 15.2. The number of nitrogens with two attached hydrogens (primary N) is 1. The third kappa shape index (κ3) is 4.52. The van der Waals surface area contributed by atoms with E-state index in [4.69, 9.17) is 5.73 Å². The van der Waals surface area contributed by atoms with Crippen molar-refractivity contribution in [2.75, 3.05) is 13.6 Å². The zero-order valence-corrected chi connectivity index (χ0v) is 12.9. The summed E-state index contributed by atoms with van der Waals surface area (Å²) in [4.78, 5) is 11.7. The van der Waals surface area contributed by atoms with Crippen LogP contribution in [0.3, 0.4) is 0 Å². The molecule has 0 atom stereocenters. The van der Waals surface area contributed by atoms with Gasteiger partial charge in [-0.3, -0.25) is 4.79 Å². The standard InChI is InChI=1S/C14H21N3O3S/c1-17(9-14(18)16-13-6-7-13)21(19,20)10-12-5-3-2-4-11(12)8-15/h2-5,13H,6-10,15H2,1H3,(H,16,18). The van der Waals surface area contributed by atoms with Gasteiger partial charge in [0.25, 0.3) is 0 Å². The molecule has 1 saturated carbocycles. The van der Waals surface area contributed by atoms with E-state index in [0.717, 1.165) is 22.7 Å². The molecule has 0 saturated heterocycles. The first-order valence-electron chi connectivity index (χ1n) is 6.92. The van der Waals surface area contributed by atoms with Gasteiger partial charge in [0.05, 0.1) is 12.3 Å². The predicted octanol–water partition coefficient (Wildman–Crippen LogP) is 0.186. The molecule has 1 amide bonds. The Balaban J connectivity index is 2.00. The second-order valence-electron chi connectivity index (χ2n) is 5.33. The number of nitrogens with zero attached hydrogens (tertiary/aromatic N) is 1. The van der Waals surface area contributed by atoms with Gasteiger partial charge in [-0.25, -0.2) is 8.42 Å². The van der Waals surface area contributed by atoms with Crippen LogP contribution in [0.4, 0.5) is 0 Å². The molecule has 116 valence electrons. The SMILES string of the molecule is CN(CC(=O)NC1CC1)S(=O)(=O)Cc1ccccc1CN. The van der Waals surface area contributed by atoms with E-state index in [1.165, 1.54) is 7.05 Å². The molecule has 21 heavy (non-hydrogen) atoms. The van der Waals surface area contributed by atoms with Crippen LogP contribution in [0.2, 0.25) is 0 Å². The molecule has 1 fully saturated rings. The number of carbonyl (C=O) groups is 1. The zero-order chi connectivity index (χ0) is 15.5. The van der Waals surface area contributed by atoms with E-state index in [1.807, 2.05) is 12.1 Å². The van der Waals surface area contributed by atoms with Crippen LogP contribution in [-0.2, 0) is 27.1 Å². The van der Waals surface area contributed by atoms with Crippen LogP contribution in [0.1, 0.15) is 24.0 Å². The number of benzene rings is 1. The molecule has 0 heterocycles. The van der Waals surface area contributed by atoms with Crippen molar-refractivity contribution in [3.05, 3.63) is 35.4 Å². The number of nitrogens with one attached hydrogen (secondary N) is 1. The molecule has 7 heteroatoms. The zero-order valence-electron chi connectivity index (χ0n) is 12.1. The van der Waals surface area contributed by atoms with Gasteiger partial charge in [0.2, 0.25) is 15.9 Å². The second-order valence-corrected chi connectivity index (χ2v) is 7.40. The fourth-order valence-corrected chi connectivity index (χ4v) is 3.21. The number of rotatable bonds is 7. The van der Waals surface area contributed by atoms with Gasteiger partial charge < -0.3 is 11.1 Å². The number of hydrogen-bond acceptors (Lipinski definition) is 4. The molecule has 0 aromatic heterocycles. The first kappa shape index (κ1) is 15.9. The van der Waals surface area contributed by atoms with E-state index in [9.17, 15) is 13.2 Å². The molecule has 1 aliphatic carbocycles. The lowest BCUT2D eigenvalue weighted by Gasteiger charge is -2.18. The average Bonchev–Trinajstić information content (AvgIpc) is 3.22. The van der Waals surface area contributed by atoms with Crippen LogP contribution < -0.4 is 11.1 Å². The lowest BCUT2D eigenvalue weighted by molar-refractivity contribution is -0.121. The first-order chi connectivity index (χ1) is 9.92. The number of amides is 1. The highest BCUT2D eigenvalue weighted by Gasteiger charge is 2.26. The van der Waals surface area contributed by atoms with Crippen LogP contribution in [0.25, 0.3) is 0 Å². The average molecular weight is 311 g/mol. The minimum absolute atomic E-state index is 0.145. The van der Waals surface area contributed by atoms with Gasteiger partial charge in [0, 0.05) is 19.6 Å². The van der Waals surface area contributed by atoms with Crippen molar-refractivity contribution in [3.8, 4) is 0 Å². The lowest BCUT2D eigenvalue weighted by Crippen LogP contribution is -2.39. The van der Waals surface area contributed by atoms with Crippen molar-refractivity contribution in [2.24, 2.45) is 5.73 Å². The summed E-state index contributed by atoms with van der Waals surface area (Å²) in [7, 11) is -2.12. The fourth-order valence-electron chi connectivity index (χ4n) is 2.01. The highest BCUT2D eigenvalue weighted by atomic mass is 32.2. The second kappa shape index (κ2) is 6.55. The monoisotopic (exact) mass is 311 g/mol. The minimum Gasteiger partial charge on any atom is -0.352 e. The molecule has 0 aliphatic heterocycles. The Labute approximate surface area is 125 Å². The molecule has 6 nitrogen and oxygen atoms in total. The molecular formula is C14H21N3O3S. The summed E-state index contributed by atoms with van der Waals surface area (Å²) < 4.78 is 25.7. The molecule has 2 rings (SSSR count).